The second kappa shape index (κ2) is 6.42. The Morgan fingerprint density at radius 3 is 2.87 bits per heavy atom. The minimum atomic E-state index is -0.647. The fraction of sp³-hybridized carbons (Fsp3) is 0.562. The molecule has 7 heteroatoms. The number of rotatable bonds is 3. The quantitative estimate of drug-likeness (QED) is 0.867. The van der Waals surface area contributed by atoms with Gasteiger partial charge in [-0.1, -0.05) is 0 Å². The second-order valence-corrected chi connectivity index (χ2v) is 5.98. The molecule has 122 valence electrons. The maximum absolute atomic E-state index is 12.2. The van der Waals surface area contributed by atoms with Crippen LogP contribution in [0.5, 0.6) is 5.88 Å². The van der Waals surface area contributed by atoms with Gasteiger partial charge in [0.2, 0.25) is 11.8 Å². The van der Waals surface area contributed by atoms with Crippen LogP contribution in [-0.4, -0.2) is 60.3 Å². The predicted molar refractivity (Wildman–Crippen MR) is 83.0 cm³/mol. The molecular formula is C16H20N4O3. The molecule has 2 aliphatic rings. The van der Waals surface area contributed by atoms with Gasteiger partial charge in [-0.2, -0.15) is 5.26 Å². The Morgan fingerprint density at radius 2 is 2.22 bits per heavy atom. The van der Waals surface area contributed by atoms with Gasteiger partial charge < -0.3 is 19.6 Å². The average molecular weight is 316 g/mol. The van der Waals surface area contributed by atoms with E-state index in [1.165, 1.54) is 7.11 Å². The van der Waals surface area contributed by atoms with Gasteiger partial charge in [0.05, 0.1) is 18.9 Å². The molecule has 1 saturated heterocycles. The lowest BCUT2D eigenvalue weighted by atomic mass is 10.2. The number of amides is 1. The number of hydrogen-bond acceptors (Lipinski definition) is 6. The number of anilines is 1. The Labute approximate surface area is 135 Å². The van der Waals surface area contributed by atoms with E-state index >= 15 is 0 Å². The largest absolute Gasteiger partial charge is 0.480 e. The lowest BCUT2D eigenvalue weighted by molar-refractivity contribution is -0.133. The summed E-state index contributed by atoms with van der Waals surface area (Å²) in [5, 5.41) is 19.7. The smallest absolute Gasteiger partial charge is 0.233 e. The van der Waals surface area contributed by atoms with Crippen molar-refractivity contribution in [3.05, 3.63) is 17.8 Å². The van der Waals surface area contributed by atoms with Crippen LogP contribution < -0.4 is 9.64 Å². The number of carbonyl (C=O) groups excluding carboxylic acids is 1. The molecule has 23 heavy (non-hydrogen) atoms. The minimum absolute atomic E-state index is 0.138. The molecule has 0 bridgehead atoms. The first kappa shape index (κ1) is 15.6. The Hall–Kier alpha value is -2.33. The summed E-state index contributed by atoms with van der Waals surface area (Å²) in [6, 6.07) is 3.86. The van der Waals surface area contributed by atoms with Crippen molar-refractivity contribution in [2.45, 2.75) is 18.9 Å². The number of carbonyl (C=O) groups is 1. The van der Waals surface area contributed by atoms with Crippen LogP contribution in [0.4, 0.5) is 5.69 Å². The zero-order valence-corrected chi connectivity index (χ0v) is 13.1. The zero-order valence-electron chi connectivity index (χ0n) is 13.1. The highest BCUT2D eigenvalue weighted by atomic mass is 16.5. The molecule has 0 spiro atoms. The SMILES string of the molecule is COc1nccc(N2CCN(C(=O)C3CC3)C[C@@H](O)C2)c1C#N. The monoisotopic (exact) mass is 316 g/mol. The normalized spacial score (nSPS) is 21.5. The summed E-state index contributed by atoms with van der Waals surface area (Å²) >= 11 is 0. The summed E-state index contributed by atoms with van der Waals surface area (Å²) in [6.45, 7) is 1.82. The topological polar surface area (TPSA) is 89.7 Å². The van der Waals surface area contributed by atoms with E-state index in [1.807, 2.05) is 4.90 Å². The number of aliphatic hydroxyl groups is 1. The summed E-state index contributed by atoms with van der Waals surface area (Å²) in [5.74, 6) is 0.554. The van der Waals surface area contributed by atoms with Crippen molar-refractivity contribution < 1.29 is 14.6 Å². The van der Waals surface area contributed by atoms with E-state index in [1.54, 1.807) is 17.2 Å². The summed E-state index contributed by atoms with van der Waals surface area (Å²) in [4.78, 5) is 19.9. The maximum Gasteiger partial charge on any atom is 0.233 e. The van der Waals surface area contributed by atoms with Crippen molar-refractivity contribution in [3.63, 3.8) is 0 Å². The molecule has 1 aromatic heterocycles. The van der Waals surface area contributed by atoms with E-state index < -0.39 is 6.10 Å². The minimum Gasteiger partial charge on any atom is -0.480 e. The zero-order chi connectivity index (χ0) is 16.4. The summed E-state index contributed by atoms with van der Waals surface area (Å²) in [5.41, 5.74) is 1.03. The molecule has 2 fully saturated rings. The van der Waals surface area contributed by atoms with Crippen LogP contribution in [0.25, 0.3) is 0 Å². The Bertz CT molecular complexity index is 639. The van der Waals surface area contributed by atoms with Gasteiger partial charge in [-0.05, 0) is 18.9 Å². The standard InChI is InChI=1S/C16H20N4O3/c1-23-15-13(8-17)14(4-5-18-15)19-6-7-20(10-12(21)9-19)16(22)11-2-3-11/h4-5,11-12,21H,2-3,6-7,9-10H2,1H3/t12-/m0/s1. The Morgan fingerprint density at radius 1 is 1.43 bits per heavy atom. The number of methoxy groups -OCH3 is 1. The number of aliphatic hydroxyl groups excluding tert-OH is 1. The van der Waals surface area contributed by atoms with Gasteiger partial charge in [-0.3, -0.25) is 4.79 Å². The number of β-amino-alcohol motifs (C(OH)–C–C–N with tert-alkyl or cyclic N) is 1. The number of hydrogen-bond donors (Lipinski definition) is 1. The molecule has 1 saturated carbocycles. The van der Waals surface area contributed by atoms with Crippen LogP contribution in [0.3, 0.4) is 0 Å². The van der Waals surface area contributed by atoms with Crippen molar-refractivity contribution in [2.75, 3.05) is 38.2 Å². The molecule has 0 radical (unpaired) electrons. The van der Waals surface area contributed by atoms with Crippen molar-refractivity contribution in [2.24, 2.45) is 5.92 Å². The third-order valence-corrected chi connectivity index (χ3v) is 4.28. The number of pyridine rings is 1. The first-order valence-electron chi connectivity index (χ1n) is 7.79. The van der Waals surface area contributed by atoms with Crippen LogP contribution >= 0.6 is 0 Å². The second-order valence-electron chi connectivity index (χ2n) is 5.98. The van der Waals surface area contributed by atoms with E-state index in [9.17, 15) is 15.2 Å². The first-order valence-corrected chi connectivity index (χ1v) is 7.79. The lowest BCUT2D eigenvalue weighted by Crippen LogP contribution is -2.38. The van der Waals surface area contributed by atoms with Gasteiger partial charge in [0.1, 0.15) is 11.6 Å². The molecule has 1 aliphatic carbocycles. The highest BCUT2D eigenvalue weighted by Crippen LogP contribution is 2.32. The molecule has 1 aromatic rings. The third-order valence-electron chi connectivity index (χ3n) is 4.28. The summed E-state index contributed by atoms with van der Waals surface area (Å²) in [6.07, 6.45) is 2.84. The van der Waals surface area contributed by atoms with E-state index in [0.29, 0.717) is 37.4 Å². The van der Waals surface area contributed by atoms with Gasteiger partial charge in [0, 0.05) is 38.3 Å². The van der Waals surface area contributed by atoms with Crippen LogP contribution in [0, 0.1) is 17.2 Å². The molecule has 2 heterocycles. The van der Waals surface area contributed by atoms with E-state index in [4.69, 9.17) is 4.74 Å². The van der Waals surface area contributed by atoms with Crippen LogP contribution in [0.1, 0.15) is 18.4 Å². The van der Waals surface area contributed by atoms with Crippen molar-refractivity contribution >= 4 is 11.6 Å². The number of ether oxygens (including phenoxy) is 1. The number of aromatic nitrogens is 1. The average Bonchev–Trinajstić information content (AvgIpc) is 3.40. The molecule has 1 aliphatic heterocycles. The van der Waals surface area contributed by atoms with Gasteiger partial charge in [-0.15, -0.1) is 0 Å². The molecule has 1 atom stereocenters. The molecule has 7 nitrogen and oxygen atoms in total. The number of nitriles is 1. The summed E-state index contributed by atoms with van der Waals surface area (Å²) in [7, 11) is 1.47. The first-order chi connectivity index (χ1) is 11.1. The Kier molecular flexibility index (Phi) is 4.35. The maximum atomic E-state index is 12.2. The van der Waals surface area contributed by atoms with Crippen LogP contribution in [-0.2, 0) is 4.79 Å². The fourth-order valence-electron chi connectivity index (χ4n) is 2.95. The van der Waals surface area contributed by atoms with E-state index in [2.05, 4.69) is 11.1 Å². The van der Waals surface area contributed by atoms with Crippen LogP contribution in [0.15, 0.2) is 12.3 Å². The van der Waals surface area contributed by atoms with Crippen molar-refractivity contribution in [3.8, 4) is 11.9 Å². The molecule has 1 amide bonds. The van der Waals surface area contributed by atoms with E-state index in [0.717, 1.165) is 12.8 Å². The Balaban J connectivity index is 1.81. The van der Waals surface area contributed by atoms with Gasteiger partial charge in [-0.25, -0.2) is 4.98 Å². The summed E-state index contributed by atoms with van der Waals surface area (Å²) < 4.78 is 5.14. The molecule has 3 rings (SSSR count). The van der Waals surface area contributed by atoms with Gasteiger partial charge >= 0.3 is 0 Å². The van der Waals surface area contributed by atoms with Gasteiger partial charge in [0.25, 0.3) is 0 Å². The van der Waals surface area contributed by atoms with Gasteiger partial charge in [0.15, 0.2) is 0 Å². The predicted octanol–water partition coefficient (Wildman–Crippen LogP) is 0.381. The molecule has 0 unspecified atom stereocenters. The molecule has 1 N–H and O–H groups in total. The van der Waals surface area contributed by atoms with Crippen LogP contribution in [0.2, 0.25) is 0 Å². The van der Waals surface area contributed by atoms with Crippen molar-refractivity contribution in [1.82, 2.24) is 9.88 Å². The highest BCUT2D eigenvalue weighted by molar-refractivity contribution is 5.81. The van der Waals surface area contributed by atoms with E-state index in [-0.39, 0.29) is 17.7 Å². The molecular weight excluding hydrogens is 296 g/mol. The third kappa shape index (κ3) is 3.22. The lowest BCUT2D eigenvalue weighted by Gasteiger charge is -2.25. The van der Waals surface area contributed by atoms with Crippen molar-refractivity contribution in [1.29, 1.82) is 5.26 Å². The molecule has 0 aromatic carbocycles. The fourth-order valence-corrected chi connectivity index (χ4v) is 2.95. The number of nitrogens with zero attached hydrogens (tertiary/aromatic N) is 4. The highest BCUT2D eigenvalue weighted by Gasteiger charge is 2.35.